The number of fused-ring (bicyclic) bond motifs is 1. The molecule has 1 N–H and O–H groups in total. The minimum absolute atomic E-state index is 0.0371. The maximum Gasteiger partial charge on any atom is 0.316 e. The van der Waals surface area contributed by atoms with Gasteiger partial charge < -0.3 is 10.1 Å². The highest BCUT2D eigenvalue weighted by molar-refractivity contribution is 8.00. The first-order valence-electron chi connectivity index (χ1n) is 8.29. The van der Waals surface area contributed by atoms with E-state index in [9.17, 15) is 18.0 Å². The van der Waals surface area contributed by atoms with Crippen molar-refractivity contribution in [2.24, 2.45) is 0 Å². The molecule has 1 fully saturated rings. The predicted molar refractivity (Wildman–Crippen MR) is 106 cm³/mol. The van der Waals surface area contributed by atoms with Crippen LogP contribution < -0.4 is 5.32 Å². The van der Waals surface area contributed by atoms with E-state index in [0.29, 0.717) is 11.4 Å². The highest BCUT2D eigenvalue weighted by Gasteiger charge is 2.29. The Labute approximate surface area is 166 Å². The number of nitrogens with one attached hydrogen (secondary N) is 1. The van der Waals surface area contributed by atoms with Gasteiger partial charge in [-0.05, 0) is 23.9 Å². The second-order valence-electron chi connectivity index (χ2n) is 6.21. The third-order valence-electron chi connectivity index (χ3n) is 4.12. The average Bonchev–Trinajstić information content (AvgIpc) is 2.96. The summed E-state index contributed by atoms with van der Waals surface area (Å²) in [5, 5.41) is 5.04. The molecular formula is C18H18ClNO5S2. The number of carbonyl (C=O) groups excluding carboxylic acids is 2. The van der Waals surface area contributed by atoms with Crippen molar-refractivity contribution >= 4 is 55.8 Å². The van der Waals surface area contributed by atoms with Crippen LogP contribution in [0, 0.1) is 0 Å². The lowest BCUT2D eigenvalue weighted by atomic mass is 10.1. The minimum atomic E-state index is -3.07. The summed E-state index contributed by atoms with van der Waals surface area (Å²) in [5.74, 6) is -0.983. The summed E-state index contributed by atoms with van der Waals surface area (Å²) in [6.07, 6.45) is 0.389. The van der Waals surface area contributed by atoms with Crippen LogP contribution in [0.1, 0.15) is 6.42 Å². The Kier molecular flexibility index (Phi) is 6.29. The Morgan fingerprint density at radius 1 is 1.22 bits per heavy atom. The van der Waals surface area contributed by atoms with E-state index in [1.807, 2.05) is 30.3 Å². The Morgan fingerprint density at radius 3 is 2.67 bits per heavy atom. The fourth-order valence-electron chi connectivity index (χ4n) is 2.89. The number of esters is 1. The van der Waals surface area contributed by atoms with Gasteiger partial charge in [0.05, 0.1) is 17.3 Å². The van der Waals surface area contributed by atoms with Gasteiger partial charge in [-0.2, -0.15) is 0 Å². The number of thioether (sulfide) groups is 1. The molecule has 0 saturated carbocycles. The van der Waals surface area contributed by atoms with Gasteiger partial charge in [-0.3, -0.25) is 9.59 Å². The zero-order valence-electron chi connectivity index (χ0n) is 14.3. The first-order valence-corrected chi connectivity index (χ1v) is 11.5. The molecule has 1 heterocycles. The van der Waals surface area contributed by atoms with Crippen molar-refractivity contribution in [2.45, 2.75) is 17.4 Å². The Morgan fingerprint density at radius 2 is 1.96 bits per heavy atom. The van der Waals surface area contributed by atoms with Gasteiger partial charge in [0.2, 0.25) is 0 Å². The number of hydrogen-bond donors (Lipinski definition) is 1. The lowest BCUT2D eigenvalue weighted by Crippen LogP contribution is -2.38. The monoisotopic (exact) mass is 427 g/mol. The van der Waals surface area contributed by atoms with Crippen molar-refractivity contribution in [3.05, 3.63) is 41.4 Å². The second-order valence-corrected chi connectivity index (χ2v) is 9.86. The largest absolute Gasteiger partial charge is 0.455 e. The molecule has 2 aromatic carbocycles. The maximum atomic E-state index is 11.9. The topological polar surface area (TPSA) is 89.5 Å². The molecule has 0 spiro atoms. The van der Waals surface area contributed by atoms with Crippen LogP contribution in [0.4, 0.5) is 0 Å². The molecule has 0 unspecified atom stereocenters. The number of ether oxygens (including phenoxy) is 1. The van der Waals surface area contributed by atoms with Crippen molar-refractivity contribution < 1.29 is 22.7 Å². The summed E-state index contributed by atoms with van der Waals surface area (Å²) in [7, 11) is -3.07. The van der Waals surface area contributed by atoms with Crippen LogP contribution in [0.3, 0.4) is 0 Å². The summed E-state index contributed by atoms with van der Waals surface area (Å²) in [6, 6.07) is 10.9. The summed E-state index contributed by atoms with van der Waals surface area (Å²) in [4.78, 5) is 24.6. The van der Waals surface area contributed by atoms with Gasteiger partial charge in [0, 0.05) is 21.3 Å². The molecule has 6 nitrogen and oxygen atoms in total. The molecule has 2 aromatic rings. The average molecular weight is 428 g/mol. The van der Waals surface area contributed by atoms with Crippen LogP contribution in [0.5, 0.6) is 0 Å². The Bertz CT molecular complexity index is 972. The number of rotatable bonds is 6. The van der Waals surface area contributed by atoms with Crippen LogP contribution in [0.15, 0.2) is 41.3 Å². The molecule has 1 atom stereocenters. The Hall–Kier alpha value is -1.77. The van der Waals surface area contributed by atoms with Crippen molar-refractivity contribution in [1.82, 2.24) is 5.32 Å². The third-order valence-corrected chi connectivity index (χ3v) is 7.24. The van der Waals surface area contributed by atoms with Gasteiger partial charge in [0.1, 0.15) is 0 Å². The van der Waals surface area contributed by atoms with Crippen molar-refractivity contribution in [2.75, 3.05) is 23.9 Å². The van der Waals surface area contributed by atoms with E-state index in [2.05, 4.69) is 5.32 Å². The second kappa shape index (κ2) is 8.50. The smallest absolute Gasteiger partial charge is 0.316 e. The number of sulfone groups is 1. The summed E-state index contributed by atoms with van der Waals surface area (Å²) < 4.78 is 27.7. The molecule has 0 aromatic heterocycles. The summed E-state index contributed by atoms with van der Waals surface area (Å²) >= 11 is 7.54. The normalized spacial score (nSPS) is 18.3. The lowest BCUT2D eigenvalue weighted by molar-refractivity contribution is -0.146. The molecule has 1 saturated heterocycles. The van der Waals surface area contributed by atoms with Gasteiger partial charge in [-0.15, -0.1) is 11.8 Å². The predicted octanol–water partition coefficient (Wildman–Crippen LogP) is 2.43. The van der Waals surface area contributed by atoms with Crippen molar-refractivity contribution in [1.29, 1.82) is 0 Å². The molecule has 1 aliphatic rings. The number of halogens is 1. The van der Waals surface area contributed by atoms with E-state index in [-0.39, 0.29) is 17.3 Å². The molecule has 9 heteroatoms. The zero-order valence-corrected chi connectivity index (χ0v) is 16.7. The molecule has 3 rings (SSSR count). The molecule has 1 aliphatic heterocycles. The standard InChI is InChI=1S/C18H18ClNO5S2/c19-14-5-1-3-12-4-2-6-15(18(12)14)26-10-17(22)25-9-16(21)20-13-7-8-27(23,24)11-13/h1-6,13H,7-11H2,(H,20,21)/t13-/m0/s1. The highest BCUT2D eigenvalue weighted by Crippen LogP contribution is 2.33. The molecule has 27 heavy (non-hydrogen) atoms. The Balaban J connectivity index is 1.48. The van der Waals surface area contributed by atoms with Crippen molar-refractivity contribution in [3.8, 4) is 0 Å². The number of benzene rings is 2. The SMILES string of the molecule is O=C(COC(=O)CSc1cccc2cccc(Cl)c12)N[C@H]1CCS(=O)(=O)C1. The quantitative estimate of drug-likeness (QED) is 0.562. The van der Waals surface area contributed by atoms with Gasteiger partial charge in [-0.25, -0.2) is 8.42 Å². The molecule has 1 amide bonds. The molecular weight excluding hydrogens is 410 g/mol. The first kappa shape index (κ1) is 20.0. The minimum Gasteiger partial charge on any atom is -0.455 e. The maximum absolute atomic E-state index is 11.9. The van der Waals surface area contributed by atoms with Crippen LogP contribution in [-0.2, 0) is 24.2 Å². The number of amides is 1. The van der Waals surface area contributed by atoms with E-state index in [1.54, 1.807) is 6.07 Å². The molecule has 0 radical (unpaired) electrons. The van der Waals surface area contributed by atoms with E-state index in [4.69, 9.17) is 16.3 Å². The molecule has 0 bridgehead atoms. The van der Waals surface area contributed by atoms with Gasteiger partial charge in [-0.1, -0.05) is 35.9 Å². The van der Waals surface area contributed by atoms with Crippen LogP contribution in [0.2, 0.25) is 5.02 Å². The summed E-state index contributed by atoms with van der Waals surface area (Å²) in [6.45, 7) is -0.424. The van der Waals surface area contributed by atoms with Gasteiger partial charge >= 0.3 is 5.97 Å². The zero-order chi connectivity index (χ0) is 19.4. The fourth-order valence-corrected chi connectivity index (χ4v) is 5.80. The molecule has 0 aliphatic carbocycles. The highest BCUT2D eigenvalue weighted by atomic mass is 35.5. The number of hydrogen-bond acceptors (Lipinski definition) is 6. The number of carbonyl (C=O) groups is 2. The van der Waals surface area contributed by atoms with Crippen LogP contribution >= 0.6 is 23.4 Å². The molecule has 144 valence electrons. The van der Waals surface area contributed by atoms with Crippen LogP contribution in [0.25, 0.3) is 10.8 Å². The van der Waals surface area contributed by atoms with E-state index >= 15 is 0 Å². The van der Waals surface area contributed by atoms with Crippen molar-refractivity contribution in [3.63, 3.8) is 0 Å². The lowest BCUT2D eigenvalue weighted by Gasteiger charge is -2.11. The fraction of sp³-hybridized carbons (Fsp3) is 0.333. The van der Waals surface area contributed by atoms with Gasteiger partial charge in [0.25, 0.3) is 5.91 Å². The van der Waals surface area contributed by atoms with E-state index in [1.165, 1.54) is 11.8 Å². The first-order chi connectivity index (χ1) is 12.8. The van der Waals surface area contributed by atoms with E-state index < -0.39 is 34.4 Å². The van der Waals surface area contributed by atoms with E-state index in [0.717, 1.165) is 15.7 Å². The van der Waals surface area contributed by atoms with Gasteiger partial charge in [0.15, 0.2) is 16.4 Å². The van der Waals surface area contributed by atoms with Crippen LogP contribution in [-0.4, -0.2) is 50.2 Å². The third kappa shape index (κ3) is 5.37. The summed E-state index contributed by atoms with van der Waals surface area (Å²) in [5.41, 5.74) is 0.